The molecule has 1 aliphatic carbocycles. The lowest BCUT2D eigenvalue weighted by molar-refractivity contribution is 0.413. The van der Waals surface area contributed by atoms with Crippen molar-refractivity contribution >= 4 is 10.0 Å². The van der Waals surface area contributed by atoms with Gasteiger partial charge in [-0.1, -0.05) is 36.4 Å². The van der Waals surface area contributed by atoms with Crippen molar-refractivity contribution in [3.63, 3.8) is 0 Å². The molecule has 1 heterocycles. The number of benzene rings is 2. The van der Waals surface area contributed by atoms with Gasteiger partial charge in [-0.05, 0) is 50.3 Å². The molecule has 4 rings (SSSR count). The van der Waals surface area contributed by atoms with E-state index in [0.29, 0.717) is 36.1 Å². The minimum Gasteiger partial charge on any atom is -0.296 e. The first-order chi connectivity index (χ1) is 16.0. The number of hydrogen-bond acceptors (Lipinski definition) is 4. The number of nitrogens with one attached hydrogen (secondary N) is 1. The molecule has 1 N–H and O–H groups in total. The smallest absolute Gasteiger partial charge is 0.257 e. The van der Waals surface area contributed by atoms with Crippen molar-refractivity contribution in [3.8, 4) is 11.1 Å². The third-order valence-electron chi connectivity index (χ3n) is 6.23. The SMILES string of the molecule is CC(C)n1cnc2c(c1=O)C(Cc1cccc(-c3cccc(F)c3F)c1)C(NS(C)(=O)=O)CC2. The topological polar surface area (TPSA) is 81.1 Å². The number of halogens is 2. The molecule has 0 spiro atoms. The average molecular weight is 488 g/mol. The number of rotatable bonds is 6. The number of aromatic nitrogens is 2. The standard InChI is InChI=1S/C25H27F2N3O3S/c1-15(2)30-14-28-22-11-10-21(29-34(3,32)33)19(23(22)25(30)31)13-16-6-4-7-17(12-16)18-8-5-9-20(26)24(18)27/h4-9,12,14-15,19,21,29H,10-11,13H2,1-3H3. The van der Waals surface area contributed by atoms with Gasteiger partial charge in [0.2, 0.25) is 10.0 Å². The molecule has 0 aliphatic heterocycles. The lowest BCUT2D eigenvalue weighted by atomic mass is 9.78. The minimum atomic E-state index is -3.52. The van der Waals surface area contributed by atoms with Crippen LogP contribution in [0.3, 0.4) is 0 Å². The molecule has 2 aromatic carbocycles. The first-order valence-corrected chi connectivity index (χ1v) is 13.0. The Morgan fingerprint density at radius 1 is 1.18 bits per heavy atom. The first-order valence-electron chi connectivity index (χ1n) is 11.2. The zero-order valence-electron chi connectivity index (χ0n) is 19.3. The van der Waals surface area contributed by atoms with E-state index in [1.807, 2.05) is 19.9 Å². The van der Waals surface area contributed by atoms with E-state index in [2.05, 4.69) is 9.71 Å². The maximum Gasteiger partial charge on any atom is 0.257 e. The predicted molar refractivity (Wildman–Crippen MR) is 127 cm³/mol. The van der Waals surface area contributed by atoms with Crippen LogP contribution in [-0.2, 0) is 22.9 Å². The van der Waals surface area contributed by atoms with Gasteiger partial charge in [-0.2, -0.15) is 0 Å². The highest BCUT2D eigenvalue weighted by Gasteiger charge is 2.35. The van der Waals surface area contributed by atoms with Crippen LogP contribution in [0, 0.1) is 11.6 Å². The van der Waals surface area contributed by atoms with Crippen molar-refractivity contribution in [2.45, 2.75) is 51.1 Å². The Bertz CT molecular complexity index is 1390. The van der Waals surface area contributed by atoms with Gasteiger partial charge < -0.3 is 0 Å². The van der Waals surface area contributed by atoms with Gasteiger partial charge >= 0.3 is 0 Å². The molecule has 1 aliphatic rings. The van der Waals surface area contributed by atoms with E-state index in [-0.39, 0.29) is 17.2 Å². The van der Waals surface area contributed by atoms with Crippen LogP contribution >= 0.6 is 0 Å². The fraction of sp³-hybridized carbons (Fsp3) is 0.360. The van der Waals surface area contributed by atoms with Crippen LogP contribution in [0.2, 0.25) is 0 Å². The third kappa shape index (κ3) is 4.95. The maximum atomic E-state index is 14.4. The van der Waals surface area contributed by atoms with E-state index in [1.54, 1.807) is 29.1 Å². The van der Waals surface area contributed by atoms with E-state index >= 15 is 0 Å². The highest BCUT2D eigenvalue weighted by Crippen LogP contribution is 2.33. The number of nitrogens with zero attached hydrogens (tertiary/aromatic N) is 2. The summed E-state index contributed by atoms with van der Waals surface area (Å²) in [5, 5.41) is 0. The van der Waals surface area contributed by atoms with Crippen LogP contribution < -0.4 is 10.3 Å². The lowest BCUT2D eigenvalue weighted by Gasteiger charge is -2.33. The zero-order chi connectivity index (χ0) is 24.6. The molecule has 2 atom stereocenters. The van der Waals surface area contributed by atoms with E-state index in [9.17, 15) is 22.0 Å². The van der Waals surface area contributed by atoms with Crippen LogP contribution in [0.4, 0.5) is 8.78 Å². The quantitative estimate of drug-likeness (QED) is 0.571. The summed E-state index contributed by atoms with van der Waals surface area (Å²) in [6, 6.07) is 10.4. The second kappa shape index (κ2) is 9.38. The van der Waals surface area contributed by atoms with Crippen LogP contribution in [-0.4, -0.2) is 30.3 Å². The third-order valence-corrected chi connectivity index (χ3v) is 6.96. The largest absolute Gasteiger partial charge is 0.296 e. The highest BCUT2D eigenvalue weighted by molar-refractivity contribution is 7.88. The van der Waals surface area contributed by atoms with Gasteiger partial charge in [0.05, 0.1) is 18.3 Å². The Morgan fingerprint density at radius 3 is 2.62 bits per heavy atom. The van der Waals surface area contributed by atoms with Crippen molar-refractivity contribution in [3.05, 3.63) is 87.6 Å². The normalized spacial score (nSPS) is 18.2. The number of sulfonamides is 1. The molecule has 1 aromatic heterocycles. The summed E-state index contributed by atoms with van der Waals surface area (Å²) in [7, 11) is -3.52. The van der Waals surface area contributed by atoms with Crippen LogP contribution in [0.25, 0.3) is 11.1 Å². The average Bonchev–Trinajstić information content (AvgIpc) is 2.76. The Hall–Kier alpha value is -2.91. The zero-order valence-corrected chi connectivity index (χ0v) is 20.1. The molecular weight excluding hydrogens is 460 g/mol. The summed E-state index contributed by atoms with van der Waals surface area (Å²) >= 11 is 0. The number of fused-ring (bicyclic) bond motifs is 1. The molecular formula is C25H27F2N3O3S. The molecule has 6 nitrogen and oxygen atoms in total. The highest BCUT2D eigenvalue weighted by atomic mass is 32.2. The molecule has 0 saturated heterocycles. The Morgan fingerprint density at radius 2 is 1.91 bits per heavy atom. The summed E-state index contributed by atoms with van der Waals surface area (Å²) in [4.78, 5) is 17.9. The molecule has 9 heteroatoms. The van der Waals surface area contributed by atoms with Gasteiger partial charge in [-0.3, -0.25) is 9.36 Å². The fourth-order valence-electron chi connectivity index (χ4n) is 4.66. The molecule has 0 saturated carbocycles. The van der Waals surface area contributed by atoms with Crippen LogP contribution in [0.15, 0.2) is 53.6 Å². The monoisotopic (exact) mass is 487 g/mol. The van der Waals surface area contributed by atoms with E-state index in [1.165, 1.54) is 12.1 Å². The van der Waals surface area contributed by atoms with Crippen LogP contribution in [0.1, 0.15) is 49.0 Å². The summed E-state index contributed by atoms with van der Waals surface area (Å²) in [5.41, 5.74) is 2.41. The molecule has 3 aromatic rings. The summed E-state index contributed by atoms with van der Waals surface area (Å²) in [6.45, 7) is 3.77. The Kier molecular flexibility index (Phi) is 6.69. The molecule has 2 unspecified atom stereocenters. The van der Waals surface area contributed by atoms with Gasteiger partial charge in [-0.15, -0.1) is 0 Å². The van der Waals surface area contributed by atoms with Crippen molar-refractivity contribution in [1.82, 2.24) is 14.3 Å². The lowest BCUT2D eigenvalue weighted by Crippen LogP contribution is -2.45. The molecule has 180 valence electrons. The molecule has 0 fully saturated rings. The van der Waals surface area contributed by atoms with Gasteiger partial charge in [0.1, 0.15) is 0 Å². The molecule has 0 radical (unpaired) electrons. The Labute approximate surface area is 197 Å². The van der Waals surface area contributed by atoms with Crippen molar-refractivity contribution < 1.29 is 17.2 Å². The fourth-order valence-corrected chi connectivity index (χ4v) is 5.49. The summed E-state index contributed by atoms with van der Waals surface area (Å²) in [6.07, 6.45) is 3.97. The number of hydrogen-bond donors (Lipinski definition) is 1. The van der Waals surface area contributed by atoms with Gasteiger partial charge in [0, 0.05) is 29.1 Å². The van der Waals surface area contributed by atoms with Crippen LogP contribution in [0.5, 0.6) is 0 Å². The maximum absolute atomic E-state index is 14.4. The summed E-state index contributed by atoms with van der Waals surface area (Å²) < 4.78 is 56.6. The molecule has 0 bridgehead atoms. The van der Waals surface area contributed by atoms with Crippen molar-refractivity contribution in [2.75, 3.05) is 6.26 Å². The molecule has 34 heavy (non-hydrogen) atoms. The van der Waals surface area contributed by atoms with E-state index in [4.69, 9.17) is 0 Å². The van der Waals surface area contributed by atoms with Crippen molar-refractivity contribution in [2.24, 2.45) is 0 Å². The van der Waals surface area contributed by atoms with Gasteiger partial charge in [0.15, 0.2) is 11.6 Å². The van der Waals surface area contributed by atoms with Gasteiger partial charge in [0.25, 0.3) is 5.56 Å². The van der Waals surface area contributed by atoms with Crippen molar-refractivity contribution in [1.29, 1.82) is 0 Å². The predicted octanol–water partition coefficient (Wildman–Crippen LogP) is 3.96. The number of aryl methyl sites for hydroxylation is 1. The second-order valence-electron chi connectivity index (χ2n) is 9.06. The second-order valence-corrected chi connectivity index (χ2v) is 10.8. The molecule has 0 amide bonds. The van der Waals surface area contributed by atoms with E-state index < -0.39 is 33.6 Å². The van der Waals surface area contributed by atoms with Gasteiger partial charge in [-0.25, -0.2) is 26.9 Å². The minimum absolute atomic E-state index is 0.103. The summed E-state index contributed by atoms with van der Waals surface area (Å²) in [5.74, 6) is -2.32. The van der Waals surface area contributed by atoms with E-state index in [0.717, 1.165) is 17.9 Å². The first kappa shape index (κ1) is 24.2. The Balaban J connectivity index is 1.79.